The largest absolute Gasteiger partial charge is 0.293 e. The van der Waals surface area contributed by atoms with Gasteiger partial charge in [0.05, 0.1) is 11.3 Å². The van der Waals surface area contributed by atoms with Gasteiger partial charge in [0.1, 0.15) is 12.0 Å². The second-order valence-electron chi connectivity index (χ2n) is 5.61. The first-order chi connectivity index (χ1) is 10.1. The van der Waals surface area contributed by atoms with Crippen molar-refractivity contribution in [2.45, 2.75) is 25.8 Å². The van der Waals surface area contributed by atoms with Crippen molar-refractivity contribution in [2.75, 3.05) is 0 Å². The Hall–Kier alpha value is -2.56. The highest BCUT2D eigenvalue weighted by molar-refractivity contribution is 6.05. The molecule has 5 nitrogen and oxygen atoms in total. The molecule has 21 heavy (non-hydrogen) atoms. The van der Waals surface area contributed by atoms with Crippen LogP contribution in [0.2, 0.25) is 0 Å². The molecule has 0 radical (unpaired) electrons. The van der Waals surface area contributed by atoms with Crippen LogP contribution >= 0.6 is 0 Å². The number of rotatable bonds is 2. The van der Waals surface area contributed by atoms with E-state index in [0.717, 1.165) is 11.3 Å². The lowest BCUT2D eigenvalue weighted by Gasteiger charge is -2.28. The molecule has 2 heterocycles. The van der Waals surface area contributed by atoms with Crippen LogP contribution in [0.4, 0.5) is 0 Å². The maximum Gasteiger partial charge on any atom is 0.293 e. The predicted molar refractivity (Wildman–Crippen MR) is 79.9 cm³/mol. The van der Waals surface area contributed by atoms with E-state index in [2.05, 4.69) is 15.1 Å². The van der Waals surface area contributed by atoms with Crippen molar-refractivity contribution in [1.29, 1.82) is 0 Å². The zero-order chi connectivity index (χ0) is 14.9. The van der Waals surface area contributed by atoms with Gasteiger partial charge in [-0.25, -0.2) is 15.0 Å². The number of hydrogen-bond acceptors (Lipinski definition) is 4. The van der Waals surface area contributed by atoms with E-state index in [1.165, 1.54) is 11.3 Å². The maximum absolute atomic E-state index is 12.6. The van der Waals surface area contributed by atoms with Gasteiger partial charge in [-0.2, -0.15) is 5.10 Å². The van der Waals surface area contributed by atoms with Crippen LogP contribution in [-0.4, -0.2) is 32.1 Å². The van der Waals surface area contributed by atoms with E-state index in [9.17, 15) is 4.79 Å². The molecule has 3 rings (SSSR count). The molecule has 0 N–H and O–H groups in total. The third-order valence-corrected chi connectivity index (χ3v) is 3.49. The number of amides is 1. The van der Waals surface area contributed by atoms with Crippen molar-refractivity contribution < 1.29 is 4.79 Å². The number of benzene rings is 1. The topological polar surface area (TPSA) is 58.5 Å². The molecule has 0 unspecified atom stereocenters. The normalized spacial score (nSPS) is 16.7. The van der Waals surface area contributed by atoms with Gasteiger partial charge < -0.3 is 0 Å². The van der Waals surface area contributed by atoms with E-state index < -0.39 is 0 Å². The number of hydrazone groups is 1. The van der Waals surface area contributed by atoms with Crippen LogP contribution < -0.4 is 0 Å². The summed E-state index contributed by atoms with van der Waals surface area (Å²) < 4.78 is 0. The highest BCUT2D eigenvalue weighted by Crippen LogP contribution is 2.30. The first-order valence-corrected chi connectivity index (χ1v) is 6.81. The maximum atomic E-state index is 12.6. The molecule has 106 valence electrons. The van der Waals surface area contributed by atoms with Crippen LogP contribution in [0.5, 0.6) is 0 Å². The lowest BCUT2D eigenvalue weighted by atomic mass is 9.95. The molecule has 2 aromatic rings. The Morgan fingerprint density at radius 2 is 1.95 bits per heavy atom. The van der Waals surface area contributed by atoms with E-state index in [4.69, 9.17) is 0 Å². The van der Waals surface area contributed by atoms with Crippen molar-refractivity contribution >= 4 is 11.6 Å². The van der Waals surface area contributed by atoms with Crippen LogP contribution in [0.25, 0.3) is 0 Å². The molecule has 1 amide bonds. The highest BCUT2D eigenvalue weighted by atomic mass is 16.2. The summed E-state index contributed by atoms with van der Waals surface area (Å²) in [5.74, 6) is -0.201. The van der Waals surface area contributed by atoms with Gasteiger partial charge in [0, 0.05) is 12.6 Å². The standard InChI is InChI=1S/C16H16N4O/c1-16(2)10-14(12-6-4-3-5-7-12)19-20(16)15(21)13-8-9-17-11-18-13/h3-9,11H,10H2,1-2H3. The fraction of sp³-hybridized carbons (Fsp3) is 0.250. The quantitative estimate of drug-likeness (QED) is 0.849. The van der Waals surface area contributed by atoms with Gasteiger partial charge in [0.2, 0.25) is 0 Å². The van der Waals surface area contributed by atoms with Gasteiger partial charge in [-0.3, -0.25) is 4.79 Å². The third-order valence-electron chi connectivity index (χ3n) is 3.49. The molecule has 0 spiro atoms. The van der Waals surface area contributed by atoms with Crippen molar-refractivity contribution in [1.82, 2.24) is 15.0 Å². The van der Waals surface area contributed by atoms with Crippen molar-refractivity contribution in [3.05, 3.63) is 60.2 Å². The third kappa shape index (κ3) is 2.54. The molecule has 0 atom stereocenters. The molecule has 5 heteroatoms. The number of hydrogen-bond donors (Lipinski definition) is 0. The molecule has 1 aromatic carbocycles. The first kappa shape index (κ1) is 13.4. The van der Waals surface area contributed by atoms with Crippen molar-refractivity contribution in [3.63, 3.8) is 0 Å². The summed E-state index contributed by atoms with van der Waals surface area (Å²) in [7, 11) is 0. The van der Waals surface area contributed by atoms with Crippen LogP contribution in [0.3, 0.4) is 0 Å². The van der Waals surface area contributed by atoms with Gasteiger partial charge in [0.25, 0.3) is 5.91 Å². The van der Waals surface area contributed by atoms with Crippen LogP contribution in [0.1, 0.15) is 36.3 Å². The Balaban J connectivity index is 1.94. The van der Waals surface area contributed by atoms with E-state index >= 15 is 0 Å². The van der Waals surface area contributed by atoms with Gasteiger partial charge in [-0.1, -0.05) is 30.3 Å². The minimum atomic E-state index is -0.368. The Bertz CT molecular complexity index is 680. The molecule has 0 fully saturated rings. The van der Waals surface area contributed by atoms with E-state index in [1.807, 2.05) is 44.2 Å². The number of aromatic nitrogens is 2. The summed E-state index contributed by atoms with van der Waals surface area (Å²) in [6, 6.07) is 11.5. The van der Waals surface area contributed by atoms with Gasteiger partial charge >= 0.3 is 0 Å². The second kappa shape index (κ2) is 5.09. The fourth-order valence-electron chi connectivity index (χ4n) is 2.41. The summed E-state index contributed by atoms with van der Waals surface area (Å²) in [6.07, 6.45) is 3.65. The molecule has 1 aliphatic heterocycles. The van der Waals surface area contributed by atoms with Crippen molar-refractivity contribution in [3.8, 4) is 0 Å². The molecule has 0 saturated carbocycles. The Labute approximate surface area is 123 Å². The van der Waals surface area contributed by atoms with E-state index in [0.29, 0.717) is 12.1 Å². The average molecular weight is 280 g/mol. The van der Waals surface area contributed by atoms with E-state index in [-0.39, 0.29) is 11.4 Å². The highest BCUT2D eigenvalue weighted by Gasteiger charge is 2.39. The van der Waals surface area contributed by atoms with Gasteiger partial charge in [0.15, 0.2) is 0 Å². The van der Waals surface area contributed by atoms with Crippen LogP contribution in [0.15, 0.2) is 54.0 Å². The molecule has 0 saturated heterocycles. The monoisotopic (exact) mass is 280 g/mol. The number of nitrogens with zero attached hydrogens (tertiary/aromatic N) is 4. The molecular weight excluding hydrogens is 264 g/mol. The lowest BCUT2D eigenvalue weighted by molar-refractivity contribution is 0.0606. The SMILES string of the molecule is CC1(C)CC(c2ccccc2)=NN1C(=O)c1ccncn1. The zero-order valence-electron chi connectivity index (χ0n) is 12.0. The molecule has 1 aromatic heterocycles. The lowest BCUT2D eigenvalue weighted by Crippen LogP contribution is -2.41. The Morgan fingerprint density at radius 3 is 2.62 bits per heavy atom. The van der Waals surface area contributed by atoms with Crippen LogP contribution in [0, 0.1) is 0 Å². The summed E-state index contributed by atoms with van der Waals surface area (Å²) >= 11 is 0. The van der Waals surface area contributed by atoms with E-state index in [1.54, 1.807) is 12.3 Å². The molecule has 0 bridgehead atoms. The summed E-state index contributed by atoms with van der Waals surface area (Å²) in [6.45, 7) is 4.01. The van der Waals surface area contributed by atoms with Crippen LogP contribution in [-0.2, 0) is 0 Å². The minimum Gasteiger partial charge on any atom is -0.265 e. The summed E-state index contributed by atoms with van der Waals surface area (Å²) in [5, 5.41) is 6.05. The molecular formula is C16H16N4O. The van der Waals surface area contributed by atoms with Gasteiger partial charge in [-0.15, -0.1) is 0 Å². The minimum absolute atomic E-state index is 0.201. The average Bonchev–Trinajstić information content (AvgIpc) is 2.84. The second-order valence-corrected chi connectivity index (χ2v) is 5.61. The number of carbonyl (C=O) groups excluding carboxylic acids is 1. The molecule has 0 aliphatic carbocycles. The summed E-state index contributed by atoms with van der Waals surface area (Å²) in [5.41, 5.74) is 1.95. The number of carbonyl (C=O) groups is 1. The first-order valence-electron chi connectivity index (χ1n) is 6.81. The predicted octanol–water partition coefficient (Wildman–Crippen LogP) is 2.51. The van der Waals surface area contributed by atoms with Gasteiger partial charge in [-0.05, 0) is 25.5 Å². The zero-order valence-corrected chi connectivity index (χ0v) is 12.0. The van der Waals surface area contributed by atoms with Crippen molar-refractivity contribution in [2.24, 2.45) is 5.10 Å². The Morgan fingerprint density at radius 1 is 1.19 bits per heavy atom. The molecule has 1 aliphatic rings. The summed E-state index contributed by atoms with van der Waals surface area (Å²) in [4.78, 5) is 20.4. The fourth-order valence-corrected chi connectivity index (χ4v) is 2.41. The Kier molecular flexibility index (Phi) is 3.25. The smallest absolute Gasteiger partial charge is 0.265 e.